The molecule has 0 aromatic carbocycles. The number of aryl methyl sites for hydroxylation is 2. The van der Waals surface area contributed by atoms with Crippen molar-refractivity contribution in [3.8, 4) is 0 Å². The van der Waals surface area contributed by atoms with Gasteiger partial charge < -0.3 is 9.73 Å². The monoisotopic (exact) mass is 375 g/mol. The van der Waals surface area contributed by atoms with E-state index in [0.717, 1.165) is 33.6 Å². The van der Waals surface area contributed by atoms with Gasteiger partial charge >= 0.3 is 0 Å². The first-order valence-corrected chi connectivity index (χ1v) is 7.34. The van der Waals surface area contributed by atoms with E-state index >= 15 is 0 Å². The Hall–Kier alpha value is -0.590. The van der Waals surface area contributed by atoms with Gasteiger partial charge in [-0.2, -0.15) is 5.10 Å². The van der Waals surface area contributed by atoms with Crippen LogP contribution in [0.4, 0.5) is 0 Å². The molecular weight excluding hydrogens is 362 g/mol. The number of hydrogen-bond donors (Lipinski definition) is 1. The van der Waals surface area contributed by atoms with E-state index < -0.39 is 0 Å². The van der Waals surface area contributed by atoms with Gasteiger partial charge in [-0.3, -0.25) is 4.68 Å². The summed E-state index contributed by atoms with van der Waals surface area (Å²) in [5, 5.41) is 7.77. The molecule has 0 atom stereocenters. The molecule has 2 rings (SSSR count). The van der Waals surface area contributed by atoms with Gasteiger partial charge in [0, 0.05) is 25.4 Å². The van der Waals surface area contributed by atoms with Crippen LogP contribution in [0.15, 0.2) is 25.8 Å². The van der Waals surface area contributed by atoms with Gasteiger partial charge in [0.25, 0.3) is 0 Å². The number of rotatable bonds is 5. The van der Waals surface area contributed by atoms with E-state index in [-0.39, 0.29) is 0 Å². The molecule has 0 amide bonds. The summed E-state index contributed by atoms with van der Waals surface area (Å²) in [6.07, 6.45) is 3.01. The fraction of sp³-hybridized carbons (Fsp3) is 0.417. The fourth-order valence-corrected chi connectivity index (χ4v) is 2.49. The van der Waals surface area contributed by atoms with Crippen molar-refractivity contribution in [2.75, 3.05) is 0 Å². The van der Waals surface area contributed by atoms with Crippen LogP contribution >= 0.6 is 31.9 Å². The fourth-order valence-electron chi connectivity index (χ4n) is 1.83. The van der Waals surface area contributed by atoms with Crippen molar-refractivity contribution < 1.29 is 4.42 Å². The highest BCUT2D eigenvalue weighted by Gasteiger charge is 2.08. The van der Waals surface area contributed by atoms with E-state index in [9.17, 15) is 0 Å². The molecule has 0 unspecified atom stereocenters. The van der Waals surface area contributed by atoms with Crippen molar-refractivity contribution in [2.45, 2.75) is 26.4 Å². The van der Waals surface area contributed by atoms with Crippen molar-refractivity contribution in [1.82, 2.24) is 15.1 Å². The van der Waals surface area contributed by atoms with Crippen molar-refractivity contribution in [3.63, 3.8) is 0 Å². The van der Waals surface area contributed by atoms with Gasteiger partial charge in [0.2, 0.25) is 0 Å². The van der Waals surface area contributed by atoms with Crippen molar-refractivity contribution >= 4 is 31.9 Å². The molecular formula is C12H15Br2N3O. The van der Waals surface area contributed by atoms with Crippen LogP contribution < -0.4 is 5.32 Å². The Kier molecular flexibility index (Phi) is 4.64. The normalized spacial score (nSPS) is 11.1. The zero-order valence-electron chi connectivity index (χ0n) is 10.3. The first-order chi connectivity index (χ1) is 8.60. The summed E-state index contributed by atoms with van der Waals surface area (Å²) in [4.78, 5) is 0. The average Bonchev–Trinajstić information content (AvgIpc) is 2.83. The molecule has 0 fully saturated rings. The summed E-state index contributed by atoms with van der Waals surface area (Å²) in [5.74, 6) is 0.899. The molecule has 4 nitrogen and oxygen atoms in total. The van der Waals surface area contributed by atoms with Crippen LogP contribution in [0, 0.1) is 0 Å². The van der Waals surface area contributed by atoms with E-state index in [4.69, 9.17) is 4.42 Å². The number of nitrogens with zero attached hydrogens (tertiary/aromatic N) is 2. The molecule has 0 aliphatic carbocycles. The topological polar surface area (TPSA) is 43.0 Å². The quantitative estimate of drug-likeness (QED) is 0.869. The highest BCUT2D eigenvalue weighted by atomic mass is 79.9. The SMILES string of the molecule is CCc1nn(C)cc1CNCc1cc(Br)c(Br)o1. The van der Waals surface area contributed by atoms with Crippen LogP contribution in [0.3, 0.4) is 0 Å². The van der Waals surface area contributed by atoms with Crippen molar-refractivity contribution in [1.29, 1.82) is 0 Å². The van der Waals surface area contributed by atoms with Crippen molar-refractivity contribution in [2.24, 2.45) is 7.05 Å². The molecule has 0 bridgehead atoms. The molecule has 0 saturated heterocycles. The Morgan fingerprint density at radius 2 is 2.17 bits per heavy atom. The van der Waals surface area contributed by atoms with Crippen LogP contribution in [-0.4, -0.2) is 9.78 Å². The third-order valence-corrected chi connectivity index (χ3v) is 4.35. The second kappa shape index (κ2) is 6.04. The lowest BCUT2D eigenvalue weighted by Crippen LogP contribution is -2.12. The van der Waals surface area contributed by atoms with Crippen molar-refractivity contribution in [3.05, 3.63) is 38.4 Å². The van der Waals surface area contributed by atoms with Crippen LogP contribution in [0.1, 0.15) is 23.9 Å². The van der Waals surface area contributed by atoms with Gasteiger partial charge in [0.1, 0.15) is 5.76 Å². The predicted molar refractivity (Wildman–Crippen MR) is 77.2 cm³/mol. The second-order valence-corrected chi connectivity index (χ2v) is 5.64. The van der Waals surface area contributed by atoms with Gasteiger partial charge in [-0.05, 0) is 44.3 Å². The Morgan fingerprint density at radius 1 is 1.39 bits per heavy atom. The maximum Gasteiger partial charge on any atom is 0.183 e. The maximum atomic E-state index is 5.50. The minimum absolute atomic E-state index is 0.697. The zero-order chi connectivity index (χ0) is 13.1. The second-order valence-electron chi connectivity index (χ2n) is 4.07. The third kappa shape index (κ3) is 3.24. The lowest BCUT2D eigenvalue weighted by atomic mass is 10.2. The van der Waals surface area contributed by atoms with Crippen LogP contribution in [0.5, 0.6) is 0 Å². The Labute approximate surface area is 123 Å². The largest absolute Gasteiger partial charge is 0.452 e. The molecule has 6 heteroatoms. The lowest BCUT2D eigenvalue weighted by molar-refractivity contribution is 0.464. The van der Waals surface area contributed by atoms with E-state index in [1.165, 1.54) is 5.56 Å². The Morgan fingerprint density at radius 3 is 2.78 bits per heavy atom. The molecule has 0 aliphatic heterocycles. The van der Waals surface area contributed by atoms with Gasteiger partial charge in [0.05, 0.1) is 16.7 Å². The van der Waals surface area contributed by atoms with E-state index in [1.807, 2.05) is 17.8 Å². The minimum atomic E-state index is 0.697. The maximum absolute atomic E-state index is 5.50. The van der Waals surface area contributed by atoms with Gasteiger partial charge in [-0.15, -0.1) is 0 Å². The molecule has 1 N–H and O–H groups in total. The molecule has 2 aromatic heterocycles. The van der Waals surface area contributed by atoms with E-state index in [0.29, 0.717) is 6.54 Å². The lowest BCUT2D eigenvalue weighted by Gasteiger charge is -2.01. The number of hydrogen-bond acceptors (Lipinski definition) is 3. The molecule has 0 aliphatic rings. The molecule has 0 radical (unpaired) electrons. The Balaban J connectivity index is 1.91. The summed E-state index contributed by atoms with van der Waals surface area (Å²) in [7, 11) is 1.95. The molecule has 2 heterocycles. The Bertz CT molecular complexity index is 514. The molecule has 2 aromatic rings. The summed E-state index contributed by atoms with van der Waals surface area (Å²) in [5.41, 5.74) is 2.39. The van der Waals surface area contributed by atoms with Crippen LogP contribution in [-0.2, 0) is 26.6 Å². The first kappa shape index (κ1) is 13.8. The number of nitrogens with one attached hydrogen (secondary N) is 1. The first-order valence-electron chi connectivity index (χ1n) is 5.76. The predicted octanol–water partition coefficient (Wildman–Crippen LogP) is 3.39. The summed E-state index contributed by atoms with van der Waals surface area (Å²) >= 11 is 6.72. The number of aromatic nitrogens is 2. The van der Waals surface area contributed by atoms with Gasteiger partial charge in [0.15, 0.2) is 4.67 Å². The minimum Gasteiger partial charge on any atom is -0.452 e. The van der Waals surface area contributed by atoms with E-state index in [2.05, 4.69) is 55.4 Å². The highest BCUT2D eigenvalue weighted by Crippen LogP contribution is 2.26. The smallest absolute Gasteiger partial charge is 0.183 e. The summed E-state index contributed by atoms with van der Waals surface area (Å²) < 4.78 is 9.03. The van der Waals surface area contributed by atoms with Crippen LogP contribution in [0.25, 0.3) is 0 Å². The highest BCUT2D eigenvalue weighted by molar-refractivity contribution is 9.13. The summed E-state index contributed by atoms with van der Waals surface area (Å²) in [6, 6.07) is 1.96. The van der Waals surface area contributed by atoms with Gasteiger partial charge in [-0.25, -0.2) is 0 Å². The van der Waals surface area contributed by atoms with Crippen LogP contribution in [0.2, 0.25) is 0 Å². The zero-order valence-corrected chi connectivity index (χ0v) is 13.5. The summed E-state index contributed by atoms with van der Waals surface area (Å²) in [6.45, 7) is 3.61. The molecule has 98 valence electrons. The number of furan rings is 1. The average molecular weight is 377 g/mol. The van der Waals surface area contributed by atoms with Gasteiger partial charge in [-0.1, -0.05) is 6.92 Å². The molecule has 0 saturated carbocycles. The molecule has 18 heavy (non-hydrogen) atoms. The van der Waals surface area contributed by atoms with E-state index in [1.54, 1.807) is 0 Å². The number of halogens is 2. The molecule has 0 spiro atoms. The standard InChI is InChI=1S/C12H15Br2N3O/c1-3-11-8(7-17(2)16-11)5-15-6-9-4-10(13)12(14)18-9/h4,7,15H,3,5-6H2,1-2H3. The third-order valence-electron chi connectivity index (χ3n) is 2.64.